The average molecular weight is 374 g/mol. The molecule has 0 amide bonds. The maximum absolute atomic E-state index is 10.6. The Morgan fingerprint density at radius 3 is 2.89 bits per heavy atom. The number of ether oxygens (including phenoxy) is 1. The van der Waals surface area contributed by atoms with Crippen molar-refractivity contribution in [1.29, 1.82) is 0 Å². The van der Waals surface area contributed by atoms with Gasteiger partial charge < -0.3 is 20.1 Å². The van der Waals surface area contributed by atoms with Gasteiger partial charge in [-0.3, -0.25) is 4.79 Å². The molecule has 5 heteroatoms. The van der Waals surface area contributed by atoms with Crippen molar-refractivity contribution >= 4 is 5.97 Å². The maximum Gasteiger partial charge on any atom is 0.303 e. The minimum atomic E-state index is -0.793. The number of aliphatic carboxylic acids is 1. The van der Waals surface area contributed by atoms with E-state index >= 15 is 0 Å². The third-order valence-electron chi connectivity index (χ3n) is 7.44. The van der Waals surface area contributed by atoms with Crippen LogP contribution in [-0.4, -0.2) is 40.1 Å². The summed E-state index contributed by atoms with van der Waals surface area (Å²) in [7, 11) is 0. The minimum absolute atomic E-state index is 0.128. The number of aryl methyl sites for hydroxylation is 1. The zero-order valence-corrected chi connectivity index (χ0v) is 15.9. The number of aliphatic hydroxyl groups excluding tert-OH is 2. The molecule has 0 aliphatic heterocycles. The molecule has 0 radical (unpaired) electrons. The third kappa shape index (κ3) is 3.25. The lowest BCUT2D eigenvalue weighted by atomic mass is 9.55. The van der Waals surface area contributed by atoms with Crippen molar-refractivity contribution in [3.05, 3.63) is 29.3 Å². The summed E-state index contributed by atoms with van der Waals surface area (Å²) < 4.78 is 5.74. The van der Waals surface area contributed by atoms with Crippen molar-refractivity contribution in [2.75, 3.05) is 6.61 Å². The van der Waals surface area contributed by atoms with Crippen LogP contribution >= 0.6 is 0 Å². The van der Waals surface area contributed by atoms with E-state index in [-0.39, 0.29) is 23.9 Å². The number of hydrogen-bond donors (Lipinski definition) is 3. The van der Waals surface area contributed by atoms with Crippen molar-refractivity contribution in [1.82, 2.24) is 0 Å². The largest absolute Gasteiger partial charge is 0.494 e. The van der Waals surface area contributed by atoms with Crippen molar-refractivity contribution < 1.29 is 24.9 Å². The normalized spacial score (nSPS) is 37.2. The molecule has 3 aliphatic rings. The molecule has 0 heterocycles. The zero-order chi connectivity index (χ0) is 19.2. The molecule has 0 aromatic heterocycles. The first-order chi connectivity index (χ1) is 12.9. The molecule has 0 unspecified atom stereocenters. The van der Waals surface area contributed by atoms with Gasteiger partial charge in [-0.15, -0.1) is 0 Å². The van der Waals surface area contributed by atoms with E-state index in [1.165, 1.54) is 11.1 Å². The number of rotatable bonds is 5. The lowest BCUT2D eigenvalue weighted by Crippen LogP contribution is -2.46. The van der Waals surface area contributed by atoms with Crippen LogP contribution < -0.4 is 4.74 Å². The lowest BCUT2D eigenvalue weighted by molar-refractivity contribution is -0.137. The van der Waals surface area contributed by atoms with Gasteiger partial charge in [0.1, 0.15) is 5.75 Å². The Kier molecular flexibility index (Phi) is 4.93. The Balaban J connectivity index is 1.49. The Bertz CT molecular complexity index is 717. The quantitative estimate of drug-likeness (QED) is 0.690. The molecule has 0 spiro atoms. The molecule has 3 N–H and O–H groups in total. The van der Waals surface area contributed by atoms with Gasteiger partial charge in [0.2, 0.25) is 0 Å². The highest BCUT2D eigenvalue weighted by atomic mass is 16.5. The molecule has 1 aromatic rings. The van der Waals surface area contributed by atoms with E-state index in [0.29, 0.717) is 31.3 Å². The summed E-state index contributed by atoms with van der Waals surface area (Å²) in [5.74, 6) is 1.10. The number of carboxylic acids is 1. The van der Waals surface area contributed by atoms with E-state index in [0.717, 1.165) is 31.4 Å². The summed E-state index contributed by atoms with van der Waals surface area (Å²) in [4.78, 5) is 10.6. The molecule has 6 atom stereocenters. The van der Waals surface area contributed by atoms with Crippen LogP contribution in [0.25, 0.3) is 0 Å². The first-order valence-corrected chi connectivity index (χ1v) is 10.2. The molecule has 3 aliphatic carbocycles. The van der Waals surface area contributed by atoms with Gasteiger partial charge in [0.05, 0.1) is 18.8 Å². The second kappa shape index (κ2) is 7.10. The van der Waals surface area contributed by atoms with Crippen molar-refractivity contribution in [3.8, 4) is 5.75 Å². The van der Waals surface area contributed by atoms with Crippen LogP contribution in [0.1, 0.15) is 62.5 Å². The van der Waals surface area contributed by atoms with Crippen molar-refractivity contribution in [2.45, 2.75) is 70.0 Å². The number of aliphatic hydroxyl groups is 2. The fraction of sp³-hybridized carbons (Fsp3) is 0.682. The summed E-state index contributed by atoms with van der Waals surface area (Å²) in [5, 5.41) is 29.8. The third-order valence-corrected chi connectivity index (χ3v) is 7.44. The van der Waals surface area contributed by atoms with Gasteiger partial charge in [-0.05, 0) is 78.5 Å². The molecular weight excluding hydrogens is 344 g/mol. The van der Waals surface area contributed by atoms with Gasteiger partial charge in [-0.1, -0.05) is 13.0 Å². The minimum Gasteiger partial charge on any atom is -0.494 e. The predicted octanol–water partition coefficient (Wildman–Crippen LogP) is 3.12. The number of benzene rings is 1. The van der Waals surface area contributed by atoms with Crippen LogP contribution in [0.4, 0.5) is 0 Å². The summed E-state index contributed by atoms with van der Waals surface area (Å²) in [5.41, 5.74) is 2.55. The molecule has 1 aromatic carbocycles. The van der Waals surface area contributed by atoms with Gasteiger partial charge in [0.25, 0.3) is 0 Å². The standard InChI is InChI=1S/C22H30O5/c1-22-9-8-16-15-7-5-14(27-10-2-3-20(25)26)11-13(15)4-6-17(16)21(22)18(23)12-19(22)24/h5,7,11,16-19,21,23-24H,2-4,6,8-10,12H2,1H3,(H,25,26)/t16-,17-,18+,19+,21-,22-/m1/s1. The van der Waals surface area contributed by atoms with Gasteiger partial charge >= 0.3 is 5.97 Å². The summed E-state index contributed by atoms with van der Waals surface area (Å²) in [6.45, 7) is 2.58. The Hall–Kier alpha value is -1.59. The van der Waals surface area contributed by atoms with Crippen LogP contribution in [0.2, 0.25) is 0 Å². The first-order valence-electron chi connectivity index (χ1n) is 10.2. The van der Waals surface area contributed by atoms with Gasteiger partial charge in [-0.25, -0.2) is 0 Å². The second-order valence-corrected chi connectivity index (χ2v) is 8.90. The average Bonchev–Trinajstić information content (AvgIpc) is 2.87. The summed E-state index contributed by atoms with van der Waals surface area (Å²) >= 11 is 0. The number of hydrogen-bond acceptors (Lipinski definition) is 4. The van der Waals surface area contributed by atoms with Crippen LogP contribution in [0.15, 0.2) is 18.2 Å². The lowest BCUT2D eigenvalue weighted by Gasteiger charge is -2.50. The topological polar surface area (TPSA) is 87.0 Å². The van der Waals surface area contributed by atoms with Crippen LogP contribution in [0.3, 0.4) is 0 Å². The van der Waals surface area contributed by atoms with E-state index < -0.39 is 12.1 Å². The fourth-order valence-electron chi connectivity index (χ4n) is 6.10. The predicted molar refractivity (Wildman–Crippen MR) is 101 cm³/mol. The van der Waals surface area contributed by atoms with E-state index in [1.54, 1.807) is 0 Å². The number of fused-ring (bicyclic) bond motifs is 5. The molecule has 0 bridgehead atoms. The molecule has 5 nitrogen and oxygen atoms in total. The molecule has 0 saturated heterocycles. The van der Waals surface area contributed by atoms with Crippen LogP contribution in [-0.2, 0) is 11.2 Å². The summed E-state index contributed by atoms with van der Waals surface area (Å²) in [6, 6.07) is 6.27. The maximum atomic E-state index is 10.6. The molecule has 148 valence electrons. The molecule has 27 heavy (non-hydrogen) atoms. The number of carbonyl (C=O) groups is 1. The second-order valence-electron chi connectivity index (χ2n) is 8.90. The zero-order valence-electron chi connectivity index (χ0n) is 15.9. The molecule has 4 rings (SSSR count). The van der Waals surface area contributed by atoms with E-state index in [1.807, 2.05) is 6.07 Å². The Morgan fingerprint density at radius 1 is 1.30 bits per heavy atom. The Morgan fingerprint density at radius 2 is 2.11 bits per heavy atom. The highest BCUT2D eigenvalue weighted by Gasteiger charge is 2.58. The smallest absolute Gasteiger partial charge is 0.303 e. The van der Waals surface area contributed by atoms with Crippen LogP contribution in [0, 0.1) is 17.3 Å². The molecule has 2 fully saturated rings. The number of carboxylic acid groups (broad SMARTS) is 1. The van der Waals surface area contributed by atoms with Crippen LogP contribution in [0.5, 0.6) is 5.75 Å². The van der Waals surface area contributed by atoms with E-state index in [2.05, 4.69) is 19.1 Å². The van der Waals surface area contributed by atoms with Gasteiger partial charge in [0, 0.05) is 12.8 Å². The Labute approximate surface area is 160 Å². The highest BCUT2D eigenvalue weighted by molar-refractivity contribution is 5.66. The fourth-order valence-corrected chi connectivity index (χ4v) is 6.10. The van der Waals surface area contributed by atoms with E-state index in [4.69, 9.17) is 9.84 Å². The highest BCUT2D eigenvalue weighted by Crippen LogP contribution is 2.60. The van der Waals surface area contributed by atoms with E-state index in [9.17, 15) is 15.0 Å². The van der Waals surface area contributed by atoms with Crippen molar-refractivity contribution in [3.63, 3.8) is 0 Å². The molecule has 2 saturated carbocycles. The van der Waals surface area contributed by atoms with Crippen molar-refractivity contribution in [2.24, 2.45) is 17.3 Å². The monoisotopic (exact) mass is 374 g/mol. The van der Waals surface area contributed by atoms with Gasteiger partial charge in [-0.2, -0.15) is 0 Å². The van der Waals surface area contributed by atoms with Gasteiger partial charge in [0.15, 0.2) is 0 Å². The first kappa shape index (κ1) is 18.8. The molecular formula is C22H30O5. The summed E-state index contributed by atoms with van der Waals surface area (Å²) in [6.07, 6.45) is 4.42. The SMILES string of the molecule is C[C@]12CC[C@@H]3c4ccc(OCCCC(=O)O)cc4CC[C@H]3[C@@H]1[C@@H](O)C[C@@H]2O.